The third kappa shape index (κ3) is 68.3. The molecule has 81 heavy (non-hydrogen) atoms. The van der Waals surface area contributed by atoms with Gasteiger partial charge in [-0.25, -0.2) is 0 Å². The summed E-state index contributed by atoms with van der Waals surface area (Å²) in [4.78, 5) is 38.5. The van der Waals surface area contributed by atoms with Gasteiger partial charge in [0, 0.05) is 19.3 Å². The number of hydrogen-bond donors (Lipinski definition) is 0. The molecule has 0 aromatic rings. The fourth-order valence-corrected chi connectivity index (χ4v) is 11.2. The molecule has 6 heteroatoms. The molecule has 0 radical (unpaired) electrons. The molecule has 0 aromatic heterocycles. The Morgan fingerprint density at radius 2 is 0.444 bits per heavy atom. The van der Waals surface area contributed by atoms with E-state index >= 15 is 0 Å². The van der Waals surface area contributed by atoms with E-state index in [-0.39, 0.29) is 31.1 Å². The molecule has 0 saturated carbocycles. The third-order valence-electron chi connectivity index (χ3n) is 16.6. The second kappa shape index (κ2) is 70.1. The van der Waals surface area contributed by atoms with Crippen LogP contribution in [0.5, 0.6) is 0 Å². The van der Waals surface area contributed by atoms with Gasteiger partial charge in [0.15, 0.2) is 6.10 Å². The lowest BCUT2D eigenvalue weighted by atomic mass is 10.0. The molecule has 476 valence electrons. The number of ether oxygens (including phenoxy) is 3. The van der Waals surface area contributed by atoms with Gasteiger partial charge < -0.3 is 14.2 Å². The zero-order valence-electron chi connectivity index (χ0n) is 54.8. The highest BCUT2D eigenvalue weighted by Gasteiger charge is 2.19. The summed E-state index contributed by atoms with van der Waals surface area (Å²) in [6, 6.07) is 0. The van der Waals surface area contributed by atoms with Gasteiger partial charge in [-0.05, 0) is 57.8 Å². The topological polar surface area (TPSA) is 78.9 Å². The van der Waals surface area contributed by atoms with Gasteiger partial charge >= 0.3 is 17.9 Å². The number of esters is 3. The fourth-order valence-electron chi connectivity index (χ4n) is 11.2. The van der Waals surface area contributed by atoms with Crippen molar-refractivity contribution in [3.63, 3.8) is 0 Å². The van der Waals surface area contributed by atoms with Crippen LogP contribution in [-0.4, -0.2) is 37.2 Å². The van der Waals surface area contributed by atoms with Gasteiger partial charge in [-0.1, -0.05) is 365 Å². The van der Waals surface area contributed by atoms with E-state index in [2.05, 4.69) is 57.2 Å². The summed E-state index contributed by atoms with van der Waals surface area (Å²) in [6.45, 7) is 6.72. The minimum Gasteiger partial charge on any atom is -0.462 e. The van der Waals surface area contributed by atoms with E-state index in [1.54, 1.807) is 0 Å². The molecule has 0 aromatic carbocycles. The maximum absolute atomic E-state index is 13.0. The Hall–Kier alpha value is -2.37. The maximum atomic E-state index is 13.0. The number of hydrogen-bond acceptors (Lipinski definition) is 6. The molecular formula is C75H140O6. The van der Waals surface area contributed by atoms with Crippen LogP contribution in [0.1, 0.15) is 406 Å². The normalized spacial score (nSPS) is 12.2. The van der Waals surface area contributed by atoms with Crippen molar-refractivity contribution in [1.29, 1.82) is 0 Å². The van der Waals surface area contributed by atoms with Crippen LogP contribution in [-0.2, 0) is 28.6 Å². The first-order valence-corrected chi connectivity index (χ1v) is 36.5. The number of carbonyl (C=O) groups excluding carboxylic acids is 3. The van der Waals surface area contributed by atoms with Crippen LogP contribution in [0.2, 0.25) is 0 Å². The Morgan fingerprint density at radius 3 is 0.691 bits per heavy atom. The molecule has 0 aliphatic rings. The van der Waals surface area contributed by atoms with Gasteiger partial charge in [-0.3, -0.25) is 14.4 Å². The van der Waals surface area contributed by atoms with Gasteiger partial charge in [-0.15, -0.1) is 0 Å². The van der Waals surface area contributed by atoms with Gasteiger partial charge in [0.1, 0.15) is 13.2 Å². The van der Waals surface area contributed by atoms with Crippen molar-refractivity contribution >= 4 is 17.9 Å². The Labute approximate surface area is 506 Å². The van der Waals surface area contributed by atoms with E-state index in [1.807, 2.05) is 0 Å². The summed E-state index contributed by atoms with van der Waals surface area (Å²) < 4.78 is 17.0. The fraction of sp³-hybridized carbons (Fsp3) is 0.880. The van der Waals surface area contributed by atoms with E-state index in [0.717, 1.165) is 70.6 Å². The van der Waals surface area contributed by atoms with Crippen molar-refractivity contribution in [3.05, 3.63) is 36.5 Å². The molecule has 0 saturated heterocycles. The first-order chi connectivity index (χ1) is 40.0. The van der Waals surface area contributed by atoms with Crippen LogP contribution in [0.3, 0.4) is 0 Å². The van der Waals surface area contributed by atoms with Crippen LogP contribution < -0.4 is 0 Å². The molecule has 1 atom stereocenters. The zero-order valence-corrected chi connectivity index (χ0v) is 54.8. The Morgan fingerprint density at radius 1 is 0.247 bits per heavy atom. The summed E-state index contributed by atoms with van der Waals surface area (Å²) in [5, 5.41) is 0. The van der Waals surface area contributed by atoms with Crippen LogP contribution in [0.4, 0.5) is 0 Å². The molecule has 0 amide bonds. The van der Waals surface area contributed by atoms with E-state index in [4.69, 9.17) is 14.2 Å². The molecule has 0 bridgehead atoms. The van der Waals surface area contributed by atoms with Crippen LogP contribution in [0.15, 0.2) is 36.5 Å². The predicted octanol–water partition coefficient (Wildman–Crippen LogP) is 25.1. The Bertz CT molecular complexity index is 1350. The minimum absolute atomic E-state index is 0.0656. The first-order valence-electron chi connectivity index (χ1n) is 36.5. The Kier molecular flexibility index (Phi) is 68.1. The van der Waals surface area contributed by atoms with Gasteiger partial charge in [0.25, 0.3) is 0 Å². The number of allylic oxidation sites excluding steroid dienone is 6. The maximum Gasteiger partial charge on any atom is 0.306 e. The van der Waals surface area contributed by atoms with Crippen LogP contribution in [0.25, 0.3) is 0 Å². The van der Waals surface area contributed by atoms with Crippen molar-refractivity contribution < 1.29 is 28.6 Å². The smallest absolute Gasteiger partial charge is 0.306 e. The average molecular weight is 1140 g/mol. The summed E-state index contributed by atoms with van der Waals surface area (Å²) >= 11 is 0. The van der Waals surface area contributed by atoms with Gasteiger partial charge in [0.05, 0.1) is 0 Å². The molecular weight excluding hydrogens is 997 g/mol. The molecule has 0 aliphatic carbocycles. The van der Waals surface area contributed by atoms with E-state index < -0.39 is 6.10 Å². The number of rotatable bonds is 68. The van der Waals surface area contributed by atoms with Crippen LogP contribution in [0, 0.1) is 0 Å². The molecule has 0 rings (SSSR count). The molecule has 0 aliphatic heterocycles. The van der Waals surface area contributed by atoms with Crippen molar-refractivity contribution in [3.8, 4) is 0 Å². The minimum atomic E-state index is -0.770. The first kappa shape index (κ1) is 78.6. The molecule has 0 heterocycles. The summed E-state index contributed by atoms with van der Waals surface area (Å²) in [5.74, 6) is -0.833. The zero-order chi connectivity index (χ0) is 58.5. The lowest BCUT2D eigenvalue weighted by Crippen LogP contribution is -2.30. The monoisotopic (exact) mass is 1140 g/mol. The standard InChI is InChI=1S/C75H140O6/c1-4-7-10-13-16-19-22-25-28-31-34-35-36-37-38-39-40-41-42-45-47-50-53-56-59-62-65-68-74(77)80-71-72(81-75(78)69-66-63-60-57-54-51-48-44-33-30-27-24-21-18-15-12-9-6-3)70-79-73(76)67-64-61-58-55-52-49-46-43-32-29-26-23-20-17-14-11-8-5-2/h22,25,31,34,36-37,72H,4-21,23-24,26-30,32-33,35,38-71H2,1-3H3/b25-22-,34-31-,37-36-. The largest absolute Gasteiger partial charge is 0.462 e. The quantitative estimate of drug-likeness (QED) is 0.0261. The van der Waals surface area contributed by atoms with E-state index in [9.17, 15) is 14.4 Å². The van der Waals surface area contributed by atoms with Crippen molar-refractivity contribution in [2.75, 3.05) is 13.2 Å². The molecule has 0 spiro atoms. The van der Waals surface area contributed by atoms with Crippen molar-refractivity contribution in [1.82, 2.24) is 0 Å². The summed E-state index contributed by atoms with van der Waals surface area (Å²) in [5.41, 5.74) is 0. The molecule has 0 fully saturated rings. The highest BCUT2D eigenvalue weighted by molar-refractivity contribution is 5.71. The predicted molar refractivity (Wildman–Crippen MR) is 353 cm³/mol. The third-order valence-corrected chi connectivity index (χ3v) is 16.6. The van der Waals surface area contributed by atoms with Crippen molar-refractivity contribution in [2.24, 2.45) is 0 Å². The second-order valence-corrected chi connectivity index (χ2v) is 24.9. The van der Waals surface area contributed by atoms with Crippen LogP contribution >= 0.6 is 0 Å². The SMILES string of the molecule is CCCCCCC/C=C\C/C=C\C/C=C\CCCCCCCCCCCCCCC(=O)OCC(COC(=O)CCCCCCCCCCCCCCCCCCCC)OC(=O)CCCCCCCCCCCCCCCCCCCC. The summed E-state index contributed by atoms with van der Waals surface area (Å²) in [6.07, 6.45) is 87.4. The Balaban J connectivity index is 4.27. The lowest BCUT2D eigenvalue weighted by molar-refractivity contribution is -0.167. The van der Waals surface area contributed by atoms with Gasteiger partial charge in [-0.2, -0.15) is 0 Å². The van der Waals surface area contributed by atoms with E-state index in [0.29, 0.717) is 19.3 Å². The average Bonchev–Trinajstić information content (AvgIpc) is 3.47. The molecule has 1 unspecified atom stereocenters. The van der Waals surface area contributed by atoms with Crippen molar-refractivity contribution in [2.45, 2.75) is 412 Å². The number of unbranched alkanes of at least 4 members (excludes halogenated alkanes) is 51. The molecule has 6 nitrogen and oxygen atoms in total. The number of carbonyl (C=O) groups is 3. The highest BCUT2D eigenvalue weighted by atomic mass is 16.6. The highest BCUT2D eigenvalue weighted by Crippen LogP contribution is 2.19. The molecule has 0 N–H and O–H groups in total. The van der Waals surface area contributed by atoms with Gasteiger partial charge in [0.2, 0.25) is 0 Å². The van der Waals surface area contributed by atoms with E-state index in [1.165, 1.54) is 295 Å². The lowest BCUT2D eigenvalue weighted by Gasteiger charge is -2.18. The second-order valence-electron chi connectivity index (χ2n) is 24.9. The summed E-state index contributed by atoms with van der Waals surface area (Å²) in [7, 11) is 0.